The van der Waals surface area contributed by atoms with E-state index in [9.17, 15) is 18.4 Å². The molecule has 3 aliphatic heterocycles. The van der Waals surface area contributed by atoms with Crippen LogP contribution in [0.5, 0.6) is 5.88 Å². The minimum Gasteiger partial charge on any atom is -0.453 e. The Kier molecular flexibility index (Phi) is 9.82. The molecule has 4 heterocycles. The van der Waals surface area contributed by atoms with Gasteiger partial charge in [0.15, 0.2) is 0 Å². The van der Waals surface area contributed by atoms with Crippen molar-refractivity contribution in [2.45, 2.75) is 86.7 Å². The first-order valence-corrected chi connectivity index (χ1v) is 16.7. The van der Waals surface area contributed by atoms with Gasteiger partial charge >= 0.3 is 10.9 Å². The molecule has 4 atom stereocenters. The number of hydrogen-bond acceptors (Lipinski definition) is 9. The highest BCUT2D eigenvalue weighted by Gasteiger charge is 2.48. The molecular formula is C29H43N5O6S. The molecular weight excluding hydrogens is 546 g/mol. The van der Waals surface area contributed by atoms with Crippen LogP contribution in [0.15, 0.2) is 44.9 Å². The molecule has 0 radical (unpaired) electrons. The molecule has 11 nitrogen and oxygen atoms in total. The van der Waals surface area contributed by atoms with Crippen LogP contribution < -0.4 is 15.0 Å². The number of ether oxygens (including phenoxy) is 1. The maximum absolute atomic E-state index is 12.9. The van der Waals surface area contributed by atoms with E-state index < -0.39 is 20.7 Å². The topological polar surface area (TPSA) is 132 Å². The predicted octanol–water partition coefficient (Wildman–Crippen LogP) is 2.78. The fraction of sp³-hybridized carbons (Fsp3) is 0.690. The van der Waals surface area contributed by atoms with Gasteiger partial charge in [0.25, 0.3) is 9.84 Å². The molecule has 0 saturated carbocycles. The van der Waals surface area contributed by atoms with Gasteiger partial charge in [-0.1, -0.05) is 31.5 Å². The van der Waals surface area contributed by atoms with Gasteiger partial charge in [0.2, 0.25) is 5.91 Å². The van der Waals surface area contributed by atoms with Gasteiger partial charge in [-0.25, -0.2) is 8.42 Å². The van der Waals surface area contributed by atoms with Gasteiger partial charge in [0.1, 0.15) is 6.61 Å². The number of nitrogens with one attached hydrogen (secondary N) is 1. The van der Waals surface area contributed by atoms with Gasteiger partial charge in [-0.2, -0.15) is 0 Å². The molecule has 12 heteroatoms. The lowest BCUT2D eigenvalue weighted by Gasteiger charge is -2.57. The molecule has 226 valence electrons. The lowest BCUT2D eigenvalue weighted by atomic mass is 9.69. The van der Waals surface area contributed by atoms with Crippen molar-refractivity contribution in [3.8, 4) is 5.88 Å². The van der Waals surface area contributed by atoms with Crippen LogP contribution in [0.25, 0.3) is 0 Å². The van der Waals surface area contributed by atoms with Gasteiger partial charge < -0.3 is 15.3 Å². The Bertz CT molecular complexity index is 1250. The zero-order chi connectivity index (χ0) is 28.8. The van der Waals surface area contributed by atoms with Gasteiger partial charge in [-0.3, -0.25) is 19.2 Å². The molecule has 5 rings (SSSR count). The average Bonchev–Trinajstić information content (AvgIpc) is 3.36. The number of likely N-dealkylation sites (tertiary alicyclic amines) is 1. The van der Waals surface area contributed by atoms with Crippen molar-refractivity contribution in [3.63, 3.8) is 0 Å². The molecule has 0 spiro atoms. The summed E-state index contributed by atoms with van der Waals surface area (Å²) in [7, 11) is -4.18. The van der Waals surface area contributed by atoms with Crippen molar-refractivity contribution >= 4 is 15.7 Å². The van der Waals surface area contributed by atoms with Crippen molar-refractivity contribution in [3.05, 3.63) is 35.5 Å². The number of rotatable bonds is 13. The highest BCUT2D eigenvalue weighted by atomic mass is 32.2. The van der Waals surface area contributed by atoms with E-state index in [-0.39, 0.29) is 28.9 Å². The predicted molar refractivity (Wildman–Crippen MR) is 151 cm³/mol. The van der Waals surface area contributed by atoms with E-state index in [1.165, 1.54) is 70.3 Å². The molecule has 3 fully saturated rings. The third-order valence-corrected chi connectivity index (χ3v) is 10.7. The minimum absolute atomic E-state index is 0.0516. The lowest BCUT2D eigenvalue weighted by molar-refractivity contribution is -0.832. The van der Waals surface area contributed by atoms with Gasteiger partial charge in [0.05, 0.1) is 16.6 Å². The molecule has 41 heavy (non-hydrogen) atoms. The Balaban J connectivity index is 1.10. The van der Waals surface area contributed by atoms with Crippen molar-refractivity contribution < 1.29 is 27.5 Å². The largest absolute Gasteiger partial charge is 0.453 e. The second kappa shape index (κ2) is 13.5. The Morgan fingerprint density at radius 1 is 1.20 bits per heavy atom. The van der Waals surface area contributed by atoms with Crippen LogP contribution in [0.2, 0.25) is 0 Å². The summed E-state index contributed by atoms with van der Waals surface area (Å²) in [6.07, 6.45) is 9.94. The van der Waals surface area contributed by atoms with Crippen LogP contribution in [0, 0.1) is 17.0 Å². The molecule has 3 aliphatic rings. The zero-order valence-corrected chi connectivity index (χ0v) is 24.8. The Hall–Kier alpha value is -2.70. The smallest absolute Gasteiger partial charge is 0.415 e. The van der Waals surface area contributed by atoms with Crippen LogP contribution in [-0.2, 0) is 14.6 Å². The van der Waals surface area contributed by atoms with E-state index in [2.05, 4.69) is 31.8 Å². The van der Waals surface area contributed by atoms with Gasteiger partial charge in [-0.15, -0.1) is 0 Å². The molecule has 1 N–H and O–H groups in total. The maximum Gasteiger partial charge on any atom is 0.415 e. The van der Waals surface area contributed by atoms with Gasteiger partial charge in [0, 0.05) is 25.0 Å². The van der Waals surface area contributed by atoms with Crippen LogP contribution >= 0.6 is 0 Å². The van der Waals surface area contributed by atoms with Crippen LogP contribution in [-0.4, -0.2) is 80.7 Å². The van der Waals surface area contributed by atoms with Crippen molar-refractivity contribution in [2.75, 3.05) is 39.3 Å². The number of piperidine rings is 3. The first-order chi connectivity index (χ1) is 19.9. The summed E-state index contributed by atoms with van der Waals surface area (Å²) in [5, 5.41) is 17.6. The molecule has 0 bridgehead atoms. The quantitative estimate of drug-likeness (QED) is 0.277. The second-order valence-corrected chi connectivity index (χ2v) is 13.5. The molecule has 3 saturated heterocycles. The number of unbranched alkanes of at least 4 members (excludes halogenated alkanes) is 1. The van der Waals surface area contributed by atoms with E-state index >= 15 is 0 Å². The third kappa shape index (κ3) is 6.70. The fourth-order valence-corrected chi connectivity index (χ4v) is 8.53. The SMILES string of the molecule is CCCCN1CC2CCCN3CCCC(C1CCCC(=O)NCCOc1no[n+]([O-])c1S(=O)(=O)c1ccccc1)C23. The minimum atomic E-state index is -4.18. The molecule has 0 aliphatic carbocycles. The number of benzene rings is 1. The van der Waals surface area contributed by atoms with Crippen LogP contribution in [0.4, 0.5) is 0 Å². The molecule has 2 aromatic rings. The number of hydrogen-bond donors (Lipinski definition) is 1. The molecule has 1 aromatic heterocycles. The third-order valence-electron chi connectivity index (χ3n) is 9.00. The van der Waals surface area contributed by atoms with E-state index in [1.54, 1.807) is 18.2 Å². The Morgan fingerprint density at radius 3 is 2.76 bits per heavy atom. The average molecular weight is 590 g/mol. The Morgan fingerprint density at radius 2 is 1.98 bits per heavy atom. The van der Waals surface area contributed by atoms with Crippen LogP contribution in [0.3, 0.4) is 0 Å². The number of nitrogens with zero attached hydrogens (tertiary/aromatic N) is 4. The summed E-state index contributed by atoms with van der Waals surface area (Å²) in [4.78, 5) is 17.9. The van der Waals surface area contributed by atoms with E-state index in [0.717, 1.165) is 25.3 Å². The summed E-state index contributed by atoms with van der Waals surface area (Å²) in [6, 6.07) is 8.78. The summed E-state index contributed by atoms with van der Waals surface area (Å²) in [5.74, 6) is 0.991. The van der Waals surface area contributed by atoms with Gasteiger partial charge in [-0.05, 0) is 93.5 Å². The highest BCUT2D eigenvalue weighted by Crippen LogP contribution is 2.43. The monoisotopic (exact) mass is 589 g/mol. The zero-order valence-electron chi connectivity index (χ0n) is 23.9. The van der Waals surface area contributed by atoms with Crippen molar-refractivity contribution in [1.82, 2.24) is 20.3 Å². The van der Waals surface area contributed by atoms with Crippen molar-refractivity contribution in [1.29, 1.82) is 0 Å². The Labute approximate surface area is 242 Å². The summed E-state index contributed by atoms with van der Waals surface area (Å²) in [5.41, 5.74) is 0. The number of amides is 1. The fourth-order valence-electron chi connectivity index (χ4n) is 7.24. The number of aromatic nitrogens is 2. The lowest BCUT2D eigenvalue weighted by Crippen LogP contribution is -2.64. The standard InChI is InChI=1S/C29H43N5O6S/c1-2-3-17-33-21-22-10-8-18-32-19-9-13-24(27(22)32)25(33)14-7-15-26(35)30-16-20-39-28-29(34(36)40-31-28)41(37,38)23-11-5-4-6-12-23/h4-6,11-12,22,24-25,27H,2-3,7-10,13-21H2,1H3,(H,30,35). The normalized spacial score (nSPS) is 25.0. The summed E-state index contributed by atoms with van der Waals surface area (Å²) >= 11 is 0. The number of carbonyl (C=O) groups is 1. The van der Waals surface area contributed by atoms with Crippen LogP contribution in [0.1, 0.15) is 64.7 Å². The second-order valence-electron chi connectivity index (χ2n) is 11.6. The van der Waals surface area contributed by atoms with E-state index in [0.29, 0.717) is 24.4 Å². The summed E-state index contributed by atoms with van der Waals surface area (Å²) in [6.45, 7) is 7.19. The van der Waals surface area contributed by atoms with E-state index in [1.807, 2.05) is 0 Å². The first kappa shape index (κ1) is 29.8. The highest BCUT2D eigenvalue weighted by molar-refractivity contribution is 7.91. The molecule has 1 amide bonds. The van der Waals surface area contributed by atoms with E-state index in [4.69, 9.17) is 4.74 Å². The van der Waals surface area contributed by atoms with Crippen molar-refractivity contribution in [2.24, 2.45) is 11.8 Å². The first-order valence-electron chi connectivity index (χ1n) is 15.2. The summed E-state index contributed by atoms with van der Waals surface area (Å²) < 4.78 is 35.7. The number of carbonyl (C=O) groups excluding carboxylic acids is 1. The number of sulfone groups is 1. The molecule has 4 unspecified atom stereocenters. The molecule has 1 aromatic carbocycles. The maximum atomic E-state index is 12.9.